The topological polar surface area (TPSA) is 118 Å². The van der Waals surface area contributed by atoms with Crippen LogP contribution in [0.3, 0.4) is 0 Å². The molecule has 1 atom stereocenters. The van der Waals surface area contributed by atoms with Crippen molar-refractivity contribution in [1.29, 1.82) is 0 Å². The van der Waals surface area contributed by atoms with Crippen molar-refractivity contribution in [3.8, 4) is 0 Å². The van der Waals surface area contributed by atoms with E-state index in [0.717, 1.165) is 11.3 Å². The van der Waals surface area contributed by atoms with Crippen molar-refractivity contribution < 1.29 is 18.9 Å². The quantitative estimate of drug-likeness (QED) is 0.477. The van der Waals surface area contributed by atoms with Gasteiger partial charge >= 0.3 is 0 Å². The Bertz CT molecular complexity index is 1180. The van der Waals surface area contributed by atoms with E-state index in [0.29, 0.717) is 22.8 Å². The molecule has 0 bridgehead atoms. The largest absolute Gasteiger partial charge is 0.312 e. The smallest absolute Gasteiger partial charge is 0.273 e. The highest BCUT2D eigenvalue weighted by molar-refractivity contribution is 7.15. The first-order valence-corrected chi connectivity index (χ1v) is 10.1. The molecule has 1 N–H and O–H groups in total. The maximum absolute atomic E-state index is 13.1. The highest BCUT2D eigenvalue weighted by atomic mass is 32.1. The van der Waals surface area contributed by atoms with E-state index in [9.17, 15) is 24.1 Å². The molecular weight excluding hydrogens is 425 g/mol. The highest BCUT2D eigenvalue weighted by Crippen LogP contribution is 2.34. The third kappa shape index (κ3) is 4.26. The molecule has 4 rings (SSSR count). The molecule has 0 spiro atoms. The molecular formula is C20H16FN5O4S. The van der Waals surface area contributed by atoms with Gasteiger partial charge in [0.2, 0.25) is 11.0 Å². The van der Waals surface area contributed by atoms with Gasteiger partial charge in [-0.25, -0.2) is 4.39 Å². The van der Waals surface area contributed by atoms with Gasteiger partial charge in [0.1, 0.15) is 10.8 Å². The maximum Gasteiger partial charge on any atom is 0.273 e. The maximum atomic E-state index is 13.1. The molecule has 0 aliphatic carbocycles. The van der Waals surface area contributed by atoms with E-state index in [1.165, 1.54) is 30.3 Å². The van der Waals surface area contributed by atoms with Crippen LogP contribution in [0.5, 0.6) is 0 Å². The highest BCUT2D eigenvalue weighted by Gasteiger charge is 2.34. The predicted octanol–water partition coefficient (Wildman–Crippen LogP) is 3.67. The molecule has 3 aromatic rings. The molecule has 31 heavy (non-hydrogen) atoms. The molecule has 0 saturated carbocycles. The molecule has 1 aromatic heterocycles. The van der Waals surface area contributed by atoms with E-state index in [-0.39, 0.29) is 40.4 Å². The zero-order chi connectivity index (χ0) is 22.1. The Labute approximate surface area is 179 Å². The number of hydrogen-bond acceptors (Lipinski definition) is 7. The van der Waals surface area contributed by atoms with Crippen molar-refractivity contribution in [3.63, 3.8) is 0 Å². The van der Waals surface area contributed by atoms with Gasteiger partial charge in [-0.15, -0.1) is 10.2 Å². The van der Waals surface area contributed by atoms with Gasteiger partial charge in [0.25, 0.3) is 11.6 Å². The van der Waals surface area contributed by atoms with Gasteiger partial charge in [-0.3, -0.25) is 25.0 Å². The summed E-state index contributed by atoms with van der Waals surface area (Å²) in [5.41, 5.74) is 1.05. The lowest BCUT2D eigenvalue weighted by atomic mass is 10.1. The van der Waals surface area contributed by atoms with Crippen LogP contribution in [0.15, 0.2) is 42.5 Å². The second kappa shape index (κ2) is 8.19. The number of anilines is 2. The third-order valence-electron chi connectivity index (χ3n) is 4.94. The van der Waals surface area contributed by atoms with E-state index in [1.807, 2.05) is 0 Å². The molecule has 158 valence electrons. The van der Waals surface area contributed by atoms with Crippen molar-refractivity contribution >= 4 is 39.7 Å². The van der Waals surface area contributed by atoms with Gasteiger partial charge in [-0.05, 0) is 37.3 Å². The normalized spacial score (nSPS) is 15.9. The van der Waals surface area contributed by atoms with E-state index in [2.05, 4.69) is 15.5 Å². The van der Waals surface area contributed by atoms with Crippen LogP contribution < -0.4 is 10.2 Å². The van der Waals surface area contributed by atoms with E-state index in [4.69, 9.17) is 0 Å². The lowest BCUT2D eigenvalue weighted by Crippen LogP contribution is -2.24. The Morgan fingerprint density at radius 1 is 1.26 bits per heavy atom. The molecule has 2 amide bonds. The summed E-state index contributed by atoms with van der Waals surface area (Å²) in [7, 11) is 0. The number of nitro groups is 1. The summed E-state index contributed by atoms with van der Waals surface area (Å²) in [6.45, 7) is 1.96. The summed E-state index contributed by atoms with van der Waals surface area (Å²) < 4.78 is 13.1. The van der Waals surface area contributed by atoms with Crippen LogP contribution in [0.1, 0.15) is 33.3 Å². The van der Waals surface area contributed by atoms with Gasteiger partial charge in [0, 0.05) is 41.8 Å². The molecule has 11 heteroatoms. The minimum absolute atomic E-state index is 0.107. The van der Waals surface area contributed by atoms with Crippen molar-refractivity contribution in [2.75, 3.05) is 16.8 Å². The fraction of sp³-hybridized carbons (Fsp3) is 0.200. The number of carbonyl (C=O) groups excluding carboxylic acids is 2. The number of rotatable bonds is 5. The zero-order valence-corrected chi connectivity index (χ0v) is 17.1. The molecule has 1 fully saturated rings. The van der Waals surface area contributed by atoms with Crippen molar-refractivity contribution in [2.45, 2.75) is 19.3 Å². The first kappa shape index (κ1) is 20.5. The van der Waals surface area contributed by atoms with Crippen molar-refractivity contribution in [3.05, 3.63) is 74.5 Å². The third-order valence-corrected chi connectivity index (χ3v) is 5.94. The summed E-state index contributed by atoms with van der Waals surface area (Å²) in [6, 6.07) is 9.89. The molecule has 2 aromatic carbocycles. The average Bonchev–Trinajstić information content (AvgIpc) is 3.35. The van der Waals surface area contributed by atoms with E-state index >= 15 is 0 Å². The van der Waals surface area contributed by atoms with Crippen LogP contribution in [0.2, 0.25) is 0 Å². The molecule has 0 radical (unpaired) electrons. The Morgan fingerprint density at radius 2 is 2.00 bits per heavy atom. The first-order chi connectivity index (χ1) is 14.8. The number of benzene rings is 2. The minimum atomic E-state index is -0.543. The lowest BCUT2D eigenvalue weighted by molar-refractivity contribution is -0.385. The summed E-state index contributed by atoms with van der Waals surface area (Å²) >= 11 is 1.14. The fourth-order valence-corrected chi connectivity index (χ4v) is 4.14. The predicted molar refractivity (Wildman–Crippen MR) is 112 cm³/mol. The molecule has 9 nitrogen and oxygen atoms in total. The van der Waals surface area contributed by atoms with Crippen molar-refractivity contribution in [1.82, 2.24) is 10.2 Å². The Morgan fingerprint density at radius 3 is 2.71 bits per heavy atom. The SMILES string of the molecule is Cc1ccc(C(=O)Nc2nnc(C3CC(=O)N(c4ccc(F)cc4)C3)s2)cc1[N+](=O)[O-]. The fourth-order valence-electron chi connectivity index (χ4n) is 3.31. The number of nitrogens with one attached hydrogen (secondary N) is 1. The van der Waals surface area contributed by atoms with Crippen LogP contribution in [0, 0.1) is 22.9 Å². The number of aryl methyl sites for hydroxylation is 1. The van der Waals surface area contributed by atoms with E-state index in [1.54, 1.807) is 24.0 Å². The van der Waals surface area contributed by atoms with Crippen LogP contribution in [-0.4, -0.2) is 33.5 Å². The van der Waals surface area contributed by atoms with Crippen molar-refractivity contribution in [2.24, 2.45) is 0 Å². The first-order valence-electron chi connectivity index (χ1n) is 9.27. The average molecular weight is 441 g/mol. The van der Waals surface area contributed by atoms with Crippen LogP contribution >= 0.6 is 11.3 Å². The number of aromatic nitrogens is 2. The Hall–Kier alpha value is -3.73. The monoisotopic (exact) mass is 441 g/mol. The molecule has 1 aliphatic heterocycles. The van der Waals surface area contributed by atoms with Crippen LogP contribution in [-0.2, 0) is 4.79 Å². The van der Waals surface area contributed by atoms with E-state index < -0.39 is 10.8 Å². The molecule has 1 aliphatic rings. The standard InChI is InChI=1S/C20H16FN5O4S/c1-11-2-3-12(8-16(11)26(29)30)18(28)22-20-24-23-19(31-20)13-9-17(27)25(10-13)15-6-4-14(21)5-7-15/h2-8,13H,9-10H2,1H3,(H,22,24,28). The van der Waals surface area contributed by atoms with Gasteiger partial charge < -0.3 is 4.90 Å². The lowest BCUT2D eigenvalue weighted by Gasteiger charge is -2.16. The number of halogens is 1. The van der Waals surface area contributed by atoms with Gasteiger partial charge in [-0.1, -0.05) is 17.4 Å². The molecule has 1 saturated heterocycles. The molecule has 1 unspecified atom stereocenters. The zero-order valence-electron chi connectivity index (χ0n) is 16.2. The number of nitrogens with zero attached hydrogens (tertiary/aromatic N) is 4. The number of amides is 2. The number of nitro benzene ring substituents is 1. The summed E-state index contributed by atoms with van der Waals surface area (Å²) in [5, 5.41) is 22.5. The number of carbonyl (C=O) groups is 2. The van der Waals surface area contributed by atoms with Crippen LogP contribution in [0.4, 0.5) is 20.9 Å². The summed E-state index contributed by atoms with van der Waals surface area (Å²) in [4.78, 5) is 37.0. The number of hydrogen-bond donors (Lipinski definition) is 1. The summed E-state index contributed by atoms with van der Waals surface area (Å²) in [6.07, 6.45) is 0.226. The van der Waals surface area contributed by atoms with Gasteiger partial charge in [0.05, 0.1) is 4.92 Å². The molecule has 2 heterocycles. The Balaban J connectivity index is 1.46. The van der Waals surface area contributed by atoms with Gasteiger partial charge in [-0.2, -0.15) is 0 Å². The Kier molecular flexibility index (Phi) is 5.42. The minimum Gasteiger partial charge on any atom is -0.312 e. The van der Waals surface area contributed by atoms with Crippen LogP contribution in [0.25, 0.3) is 0 Å². The van der Waals surface area contributed by atoms with Gasteiger partial charge in [0.15, 0.2) is 0 Å². The summed E-state index contributed by atoms with van der Waals surface area (Å²) in [5.74, 6) is -1.23. The second-order valence-corrected chi connectivity index (χ2v) is 8.05. The second-order valence-electron chi connectivity index (χ2n) is 7.04.